The van der Waals surface area contributed by atoms with Crippen LogP contribution in [0.25, 0.3) is 51.8 Å². The summed E-state index contributed by atoms with van der Waals surface area (Å²) < 4.78 is 31.2. The van der Waals surface area contributed by atoms with E-state index in [0.29, 0.717) is 41.8 Å². The average molecular weight is 698 g/mol. The van der Waals surface area contributed by atoms with E-state index in [2.05, 4.69) is 83.4 Å². The lowest BCUT2D eigenvalue weighted by Crippen LogP contribution is -2.02. The number of rotatable bonds is 16. The van der Waals surface area contributed by atoms with Gasteiger partial charge in [0.2, 0.25) is 5.75 Å². The largest absolute Gasteiger partial charge is 0.496 e. The van der Waals surface area contributed by atoms with Crippen molar-refractivity contribution in [2.45, 2.75) is 25.7 Å². The van der Waals surface area contributed by atoms with Crippen molar-refractivity contribution in [1.82, 2.24) is 4.57 Å². The molecule has 0 amide bonds. The van der Waals surface area contributed by atoms with Gasteiger partial charge < -0.3 is 33.4 Å². The Kier molecular flexibility index (Phi) is 11.5. The fourth-order valence-corrected chi connectivity index (χ4v) is 6.38. The number of para-hydroxylation sites is 2. The Bertz CT molecular complexity index is 2150. The first-order chi connectivity index (χ1) is 25.4. The number of carboxylic acids is 1. The number of methoxy groups -OCH3 is 4. The van der Waals surface area contributed by atoms with Crippen LogP contribution in [0.5, 0.6) is 28.7 Å². The summed E-state index contributed by atoms with van der Waals surface area (Å²) in [7, 11) is 6.48. The third-order valence-corrected chi connectivity index (χ3v) is 8.99. The van der Waals surface area contributed by atoms with Gasteiger partial charge in [0.1, 0.15) is 11.5 Å². The van der Waals surface area contributed by atoms with E-state index >= 15 is 0 Å². The van der Waals surface area contributed by atoms with E-state index < -0.39 is 5.97 Å². The molecule has 0 bridgehead atoms. The van der Waals surface area contributed by atoms with Crippen molar-refractivity contribution < 1.29 is 33.6 Å². The van der Waals surface area contributed by atoms with Gasteiger partial charge in [-0.25, -0.2) is 0 Å². The molecule has 266 valence electrons. The monoisotopic (exact) mass is 697 g/mol. The quantitative estimate of drug-likeness (QED) is 0.0796. The molecule has 8 nitrogen and oxygen atoms in total. The Labute approximate surface area is 304 Å². The number of hydrogen-bond donors (Lipinski definition) is 1. The minimum absolute atomic E-state index is 0.157. The van der Waals surface area contributed by atoms with Crippen LogP contribution in [0, 0.1) is 0 Å². The highest BCUT2D eigenvalue weighted by atomic mass is 16.5. The second-order valence-electron chi connectivity index (χ2n) is 12.3. The normalized spacial score (nSPS) is 11.5. The van der Waals surface area contributed by atoms with Gasteiger partial charge in [0, 0.05) is 34.0 Å². The van der Waals surface area contributed by atoms with E-state index in [9.17, 15) is 4.79 Å². The molecule has 0 aliphatic heterocycles. The zero-order valence-electron chi connectivity index (χ0n) is 29.9. The van der Waals surface area contributed by atoms with Gasteiger partial charge in [-0.05, 0) is 78.9 Å². The van der Waals surface area contributed by atoms with E-state index in [-0.39, 0.29) is 6.42 Å². The molecule has 0 atom stereocenters. The first-order valence-electron chi connectivity index (χ1n) is 17.3. The summed E-state index contributed by atoms with van der Waals surface area (Å²) in [5.74, 6) is 2.21. The standard InChI is InChI=1S/C44H43NO7/c1-48-39-29-33(22-18-31-26-41(50-3)44(42(27-31)51-4)52-25-11-5-6-16-43(46)47)40(49-2)28-32(39)21-17-30-19-23-34(24-20-30)45-37-14-9-7-12-35(37)36-13-8-10-15-38(36)45/h7-10,12-15,17-24,26-29H,5-6,11,16,25H2,1-4H3,(H,46,47). The molecule has 1 aromatic heterocycles. The number of carbonyl (C=O) groups is 1. The van der Waals surface area contributed by atoms with Crippen LogP contribution in [-0.2, 0) is 4.79 Å². The zero-order valence-corrected chi connectivity index (χ0v) is 29.9. The Morgan fingerprint density at radius 1 is 0.596 bits per heavy atom. The van der Waals surface area contributed by atoms with Crippen LogP contribution in [0.4, 0.5) is 0 Å². The van der Waals surface area contributed by atoms with E-state index in [1.165, 1.54) is 21.8 Å². The molecule has 8 heteroatoms. The molecule has 0 radical (unpaired) electrons. The van der Waals surface area contributed by atoms with Gasteiger partial charge in [-0.15, -0.1) is 0 Å². The second kappa shape index (κ2) is 16.7. The van der Waals surface area contributed by atoms with Gasteiger partial charge in [-0.1, -0.05) is 72.8 Å². The molecule has 0 saturated heterocycles. The molecular formula is C44H43NO7. The Balaban J connectivity index is 1.20. The number of ether oxygens (including phenoxy) is 5. The van der Waals surface area contributed by atoms with Crippen LogP contribution in [0.1, 0.15) is 47.9 Å². The zero-order chi connectivity index (χ0) is 36.5. The van der Waals surface area contributed by atoms with Crippen LogP contribution in [0.3, 0.4) is 0 Å². The summed E-state index contributed by atoms with van der Waals surface area (Å²) in [4.78, 5) is 10.8. The molecule has 0 fully saturated rings. The van der Waals surface area contributed by atoms with Crippen molar-refractivity contribution in [3.05, 3.63) is 119 Å². The van der Waals surface area contributed by atoms with Crippen LogP contribution >= 0.6 is 0 Å². The molecule has 52 heavy (non-hydrogen) atoms. The van der Waals surface area contributed by atoms with Crippen LogP contribution < -0.4 is 23.7 Å². The lowest BCUT2D eigenvalue weighted by molar-refractivity contribution is -0.137. The Hall–Kier alpha value is -6.15. The fraction of sp³-hybridized carbons (Fsp3) is 0.205. The first kappa shape index (κ1) is 35.7. The average Bonchev–Trinajstić information content (AvgIpc) is 3.51. The van der Waals surface area contributed by atoms with Crippen molar-refractivity contribution in [3.63, 3.8) is 0 Å². The van der Waals surface area contributed by atoms with Crippen molar-refractivity contribution in [2.24, 2.45) is 0 Å². The molecular weight excluding hydrogens is 654 g/mol. The van der Waals surface area contributed by atoms with E-state index in [4.69, 9.17) is 28.8 Å². The van der Waals surface area contributed by atoms with Gasteiger partial charge in [0.25, 0.3) is 0 Å². The topological polar surface area (TPSA) is 88.4 Å². The summed E-state index contributed by atoms with van der Waals surface area (Å²) in [5.41, 5.74) is 7.09. The van der Waals surface area contributed by atoms with Crippen LogP contribution in [0.2, 0.25) is 0 Å². The smallest absolute Gasteiger partial charge is 0.303 e. The number of carboxylic acid groups (broad SMARTS) is 1. The highest BCUT2D eigenvalue weighted by molar-refractivity contribution is 6.09. The predicted molar refractivity (Wildman–Crippen MR) is 209 cm³/mol. The number of unbranched alkanes of at least 4 members (excludes halogenated alkanes) is 2. The fourth-order valence-electron chi connectivity index (χ4n) is 6.38. The minimum atomic E-state index is -0.786. The number of fused-ring (bicyclic) bond motifs is 3. The summed E-state index contributed by atoms with van der Waals surface area (Å²) in [6.07, 6.45) is 10.3. The van der Waals surface area contributed by atoms with Gasteiger partial charge in [-0.3, -0.25) is 4.79 Å². The molecule has 0 saturated carbocycles. The molecule has 5 aromatic carbocycles. The van der Waals surface area contributed by atoms with E-state index in [1.54, 1.807) is 28.4 Å². The predicted octanol–water partition coefficient (Wildman–Crippen LogP) is 10.2. The molecule has 0 aliphatic carbocycles. The summed E-state index contributed by atoms with van der Waals surface area (Å²) in [6.45, 7) is 0.424. The number of aromatic nitrogens is 1. The van der Waals surface area contributed by atoms with Gasteiger partial charge in [0.15, 0.2) is 11.5 Å². The SMILES string of the molecule is COc1cc(C=Cc2cc(OC)c(OCCCCCC(=O)O)c(OC)c2)c(OC)cc1C=Cc1ccc(-n2c3ccccc3c3ccccc32)cc1. The number of benzene rings is 5. The van der Waals surface area contributed by atoms with Crippen molar-refractivity contribution in [2.75, 3.05) is 35.0 Å². The summed E-state index contributed by atoms with van der Waals surface area (Å²) in [5, 5.41) is 11.3. The molecule has 0 spiro atoms. The summed E-state index contributed by atoms with van der Waals surface area (Å²) in [6, 6.07) is 33.2. The third-order valence-electron chi connectivity index (χ3n) is 8.99. The molecule has 6 aromatic rings. The Morgan fingerprint density at radius 2 is 1.12 bits per heavy atom. The highest BCUT2D eigenvalue weighted by Crippen LogP contribution is 2.40. The van der Waals surface area contributed by atoms with E-state index in [1.807, 2.05) is 42.5 Å². The lowest BCUT2D eigenvalue weighted by atomic mass is 10.0. The van der Waals surface area contributed by atoms with Crippen LogP contribution in [0.15, 0.2) is 97.1 Å². The lowest BCUT2D eigenvalue weighted by Gasteiger charge is -2.15. The highest BCUT2D eigenvalue weighted by Gasteiger charge is 2.15. The molecule has 0 aliphatic rings. The number of nitrogens with zero attached hydrogens (tertiary/aromatic N) is 1. The van der Waals surface area contributed by atoms with Crippen molar-refractivity contribution in [3.8, 4) is 34.4 Å². The molecule has 6 rings (SSSR count). The maximum absolute atomic E-state index is 10.8. The third kappa shape index (κ3) is 7.92. The van der Waals surface area contributed by atoms with Crippen LogP contribution in [-0.4, -0.2) is 50.7 Å². The summed E-state index contributed by atoms with van der Waals surface area (Å²) >= 11 is 0. The molecule has 1 heterocycles. The van der Waals surface area contributed by atoms with Gasteiger partial charge >= 0.3 is 5.97 Å². The van der Waals surface area contributed by atoms with E-state index in [0.717, 1.165) is 40.8 Å². The maximum atomic E-state index is 10.8. The minimum Gasteiger partial charge on any atom is -0.496 e. The number of aliphatic carboxylic acids is 1. The van der Waals surface area contributed by atoms with Crippen molar-refractivity contribution >= 4 is 52.1 Å². The van der Waals surface area contributed by atoms with Crippen molar-refractivity contribution in [1.29, 1.82) is 0 Å². The molecule has 0 unspecified atom stereocenters. The number of hydrogen-bond acceptors (Lipinski definition) is 6. The van der Waals surface area contributed by atoms with Gasteiger partial charge in [-0.2, -0.15) is 0 Å². The second-order valence-corrected chi connectivity index (χ2v) is 12.3. The van der Waals surface area contributed by atoms with Gasteiger partial charge in [0.05, 0.1) is 46.1 Å². The maximum Gasteiger partial charge on any atom is 0.303 e. The Morgan fingerprint density at radius 3 is 1.63 bits per heavy atom. The first-order valence-corrected chi connectivity index (χ1v) is 17.3. The molecule has 1 N–H and O–H groups in total.